The average molecular weight is 273 g/mol. The van der Waals surface area contributed by atoms with Gasteiger partial charge in [-0.15, -0.1) is 0 Å². The second-order valence-electron chi connectivity index (χ2n) is 5.77. The second kappa shape index (κ2) is 5.40. The molecule has 0 saturated heterocycles. The van der Waals surface area contributed by atoms with Gasteiger partial charge in [0.2, 0.25) is 0 Å². The second-order valence-corrected chi connectivity index (χ2v) is 5.77. The zero-order chi connectivity index (χ0) is 14.1. The molecule has 20 heavy (non-hydrogen) atoms. The summed E-state index contributed by atoms with van der Waals surface area (Å²) in [6.07, 6.45) is 5.73. The fourth-order valence-electron chi connectivity index (χ4n) is 2.64. The molecule has 1 N–H and O–H groups in total. The molecule has 108 valence electrons. The van der Waals surface area contributed by atoms with Crippen LogP contribution < -0.4 is 5.32 Å². The molecule has 0 amide bonds. The van der Waals surface area contributed by atoms with E-state index in [-0.39, 0.29) is 0 Å². The lowest BCUT2D eigenvalue weighted by Gasteiger charge is -2.05. The van der Waals surface area contributed by atoms with Crippen LogP contribution in [0, 0.1) is 13.8 Å². The highest BCUT2D eigenvalue weighted by Gasteiger charge is 2.20. The summed E-state index contributed by atoms with van der Waals surface area (Å²) in [5, 5.41) is 12.7. The Morgan fingerprint density at radius 2 is 2.10 bits per heavy atom. The minimum Gasteiger partial charge on any atom is -0.314 e. The third kappa shape index (κ3) is 2.93. The molecule has 3 rings (SSSR count). The summed E-state index contributed by atoms with van der Waals surface area (Å²) in [6.45, 7) is 6.08. The first kappa shape index (κ1) is 13.4. The topological polar surface area (TPSA) is 47.7 Å². The molecule has 1 saturated carbocycles. The number of nitrogens with zero attached hydrogens (tertiary/aromatic N) is 4. The predicted molar refractivity (Wildman–Crippen MR) is 78.7 cm³/mol. The Labute approximate surface area is 120 Å². The molecule has 1 aliphatic rings. The van der Waals surface area contributed by atoms with Crippen LogP contribution >= 0.6 is 0 Å². The van der Waals surface area contributed by atoms with E-state index >= 15 is 0 Å². The van der Waals surface area contributed by atoms with Crippen molar-refractivity contribution in [3.8, 4) is 0 Å². The van der Waals surface area contributed by atoms with E-state index in [4.69, 9.17) is 0 Å². The monoisotopic (exact) mass is 273 g/mol. The smallest absolute Gasteiger partial charge is 0.0853 e. The summed E-state index contributed by atoms with van der Waals surface area (Å²) >= 11 is 0. The maximum Gasteiger partial charge on any atom is 0.0853 e. The van der Waals surface area contributed by atoms with Crippen molar-refractivity contribution in [1.82, 2.24) is 24.9 Å². The molecule has 0 spiro atoms. The number of hydrogen-bond acceptors (Lipinski definition) is 3. The van der Waals surface area contributed by atoms with Crippen molar-refractivity contribution >= 4 is 0 Å². The van der Waals surface area contributed by atoms with Crippen LogP contribution in [0.15, 0.2) is 12.3 Å². The van der Waals surface area contributed by atoms with E-state index in [1.54, 1.807) is 0 Å². The summed E-state index contributed by atoms with van der Waals surface area (Å²) in [7, 11) is 1.94. The zero-order valence-corrected chi connectivity index (χ0v) is 12.6. The van der Waals surface area contributed by atoms with Gasteiger partial charge in [-0.3, -0.25) is 9.36 Å². The van der Waals surface area contributed by atoms with Gasteiger partial charge >= 0.3 is 0 Å². The van der Waals surface area contributed by atoms with E-state index in [2.05, 4.69) is 34.0 Å². The van der Waals surface area contributed by atoms with Gasteiger partial charge in [-0.1, -0.05) is 0 Å². The Hall–Kier alpha value is -1.62. The maximum atomic E-state index is 4.67. The largest absolute Gasteiger partial charge is 0.314 e. The van der Waals surface area contributed by atoms with Gasteiger partial charge in [0.1, 0.15) is 0 Å². The first-order valence-electron chi connectivity index (χ1n) is 7.38. The van der Waals surface area contributed by atoms with Crippen molar-refractivity contribution in [3.63, 3.8) is 0 Å². The van der Waals surface area contributed by atoms with Gasteiger partial charge in [-0.25, -0.2) is 0 Å². The molecule has 0 atom stereocenters. The van der Waals surface area contributed by atoms with Crippen molar-refractivity contribution in [2.45, 2.75) is 45.7 Å². The fourth-order valence-corrected chi connectivity index (χ4v) is 2.64. The van der Waals surface area contributed by atoms with Crippen molar-refractivity contribution in [1.29, 1.82) is 0 Å². The molecule has 5 heteroatoms. The van der Waals surface area contributed by atoms with E-state index in [9.17, 15) is 0 Å². The summed E-state index contributed by atoms with van der Waals surface area (Å²) < 4.78 is 3.91. The fraction of sp³-hybridized carbons (Fsp3) is 0.600. The van der Waals surface area contributed by atoms with E-state index in [0.29, 0.717) is 0 Å². The van der Waals surface area contributed by atoms with Crippen LogP contribution in [0.5, 0.6) is 0 Å². The van der Waals surface area contributed by atoms with Crippen LogP contribution in [0.2, 0.25) is 0 Å². The summed E-state index contributed by atoms with van der Waals surface area (Å²) in [5.74, 6) is 0. The van der Waals surface area contributed by atoms with Crippen LogP contribution in [0.1, 0.15) is 35.5 Å². The van der Waals surface area contributed by atoms with Gasteiger partial charge in [0.15, 0.2) is 0 Å². The van der Waals surface area contributed by atoms with E-state index in [0.717, 1.165) is 36.9 Å². The first-order valence-corrected chi connectivity index (χ1v) is 7.38. The lowest BCUT2D eigenvalue weighted by atomic mass is 10.1. The predicted octanol–water partition coefficient (Wildman–Crippen LogP) is 1.58. The molecular formula is C15H23N5. The molecule has 0 bridgehead atoms. The van der Waals surface area contributed by atoms with Crippen LogP contribution in [-0.4, -0.2) is 32.1 Å². The van der Waals surface area contributed by atoms with Crippen molar-refractivity contribution in [2.24, 2.45) is 7.05 Å². The summed E-state index contributed by atoms with van der Waals surface area (Å²) in [6, 6.07) is 2.82. The zero-order valence-electron chi connectivity index (χ0n) is 12.6. The molecule has 5 nitrogen and oxygen atoms in total. The lowest BCUT2D eigenvalue weighted by Crippen LogP contribution is -2.19. The molecule has 2 aromatic heterocycles. The van der Waals surface area contributed by atoms with Crippen molar-refractivity contribution < 1.29 is 0 Å². The van der Waals surface area contributed by atoms with Crippen molar-refractivity contribution in [2.75, 3.05) is 6.54 Å². The van der Waals surface area contributed by atoms with Crippen LogP contribution in [0.3, 0.4) is 0 Å². The Morgan fingerprint density at radius 1 is 1.30 bits per heavy atom. The average Bonchev–Trinajstić information content (AvgIpc) is 3.09. The van der Waals surface area contributed by atoms with Gasteiger partial charge < -0.3 is 5.32 Å². The number of rotatable bonds is 6. The van der Waals surface area contributed by atoms with Gasteiger partial charge in [0, 0.05) is 25.0 Å². The molecule has 0 unspecified atom stereocenters. The van der Waals surface area contributed by atoms with Crippen LogP contribution in [0.25, 0.3) is 0 Å². The van der Waals surface area contributed by atoms with Crippen LogP contribution in [0.4, 0.5) is 0 Å². The number of hydrogen-bond donors (Lipinski definition) is 1. The highest BCUT2D eigenvalue weighted by molar-refractivity contribution is 5.25. The van der Waals surface area contributed by atoms with Gasteiger partial charge in [0.05, 0.1) is 17.9 Å². The van der Waals surface area contributed by atoms with Gasteiger partial charge in [-0.2, -0.15) is 10.2 Å². The van der Waals surface area contributed by atoms with Gasteiger partial charge in [-0.05, 0) is 51.3 Å². The molecule has 0 radical (unpaired) electrons. The molecule has 0 aromatic carbocycles. The minimum atomic E-state index is 0.754. The maximum absolute atomic E-state index is 4.67. The number of nitrogens with one attached hydrogen (secondary N) is 1. The van der Waals surface area contributed by atoms with E-state index in [1.807, 2.05) is 24.0 Å². The normalized spacial score (nSPS) is 14.9. The third-order valence-electron chi connectivity index (χ3n) is 4.00. The number of aryl methyl sites for hydroxylation is 2. The Balaban J connectivity index is 1.68. The summed E-state index contributed by atoms with van der Waals surface area (Å²) in [5.41, 5.74) is 4.86. The summed E-state index contributed by atoms with van der Waals surface area (Å²) in [4.78, 5) is 0. The SMILES string of the molecule is Cc1nn(Cc2ccn(C)n2)c(C)c1CCNC1CC1. The Kier molecular flexibility index (Phi) is 3.61. The third-order valence-corrected chi connectivity index (χ3v) is 4.00. The highest BCUT2D eigenvalue weighted by atomic mass is 15.3. The molecule has 1 aliphatic carbocycles. The standard InChI is InChI=1S/C15H23N5/c1-11-15(6-8-16-13-4-5-13)12(2)20(17-11)10-14-7-9-19(3)18-14/h7,9,13,16H,4-6,8,10H2,1-3H3. The molecule has 0 aliphatic heterocycles. The van der Waals surface area contributed by atoms with Gasteiger partial charge in [0.25, 0.3) is 0 Å². The molecule has 1 fully saturated rings. The van der Waals surface area contributed by atoms with Crippen molar-refractivity contribution in [3.05, 3.63) is 34.9 Å². The lowest BCUT2D eigenvalue weighted by molar-refractivity contribution is 0.628. The van der Waals surface area contributed by atoms with E-state index in [1.165, 1.54) is 24.1 Å². The highest BCUT2D eigenvalue weighted by Crippen LogP contribution is 2.19. The number of aromatic nitrogens is 4. The first-order chi connectivity index (χ1) is 9.63. The quantitative estimate of drug-likeness (QED) is 0.869. The Morgan fingerprint density at radius 3 is 2.75 bits per heavy atom. The molecular weight excluding hydrogens is 250 g/mol. The molecule has 2 heterocycles. The van der Waals surface area contributed by atoms with Crippen LogP contribution in [-0.2, 0) is 20.0 Å². The Bertz CT molecular complexity index is 591. The molecule has 2 aromatic rings. The minimum absolute atomic E-state index is 0.754. The van der Waals surface area contributed by atoms with E-state index < -0.39 is 0 Å².